The van der Waals surface area contributed by atoms with Gasteiger partial charge in [-0.25, -0.2) is 18.7 Å². The third-order valence-corrected chi connectivity index (χ3v) is 8.23. The van der Waals surface area contributed by atoms with E-state index in [0.717, 1.165) is 35.6 Å². The third-order valence-electron chi connectivity index (χ3n) is 7.14. The lowest BCUT2D eigenvalue weighted by Crippen LogP contribution is -2.43. The summed E-state index contributed by atoms with van der Waals surface area (Å²) in [6.45, 7) is 5.32. The predicted octanol–water partition coefficient (Wildman–Crippen LogP) is 5.02. The molecule has 3 heterocycles. The van der Waals surface area contributed by atoms with E-state index < -0.39 is 36.2 Å². The minimum Gasteiger partial charge on any atom is -0.390 e. The van der Waals surface area contributed by atoms with E-state index in [1.165, 1.54) is 24.2 Å². The highest BCUT2D eigenvalue weighted by Gasteiger charge is 2.37. The summed E-state index contributed by atoms with van der Waals surface area (Å²) in [6.07, 6.45) is 7.11. The van der Waals surface area contributed by atoms with Gasteiger partial charge >= 0.3 is 0 Å². The van der Waals surface area contributed by atoms with E-state index in [4.69, 9.17) is 0 Å². The lowest BCUT2D eigenvalue weighted by atomic mass is 9.95. The van der Waals surface area contributed by atoms with Crippen molar-refractivity contribution in [3.8, 4) is 10.4 Å². The zero-order valence-corrected chi connectivity index (χ0v) is 23.1. The predicted molar refractivity (Wildman–Crippen MR) is 144 cm³/mol. The summed E-state index contributed by atoms with van der Waals surface area (Å²) in [5, 5.41) is 16.3. The van der Waals surface area contributed by atoms with Crippen molar-refractivity contribution in [2.24, 2.45) is 0 Å². The van der Waals surface area contributed by atoms with Crippen molar-refractivity contribution in [1.82, 2.24) is 20.2 Å². The van der Waals surface area contributed by atoms with Crippen LogP contribution in [0.1, 0.15) is 91.1 Å². The van der Waals surface area contributed by atoms with Crippen LogP contribution in [-0.2, 0) is 0 Å². The van der Waals surface area contributed by atoms with Gasteiger partial charge in [0.1, 0.15) is 11.5 Å². The van der Waals surface area contributed by atoms with Gasteiger partial charge in [-0.05, 0) is 51.7 Å². The normalized spacial score (nSPS) is 18.3. The van der Waals surface area contributed by atoms with Gasteiger partial charge in [-0.3, -0.25) is 9.59 Å². The minimum atomic E-state index is -2.78. The number of anilines is 1. The van der Waals surface area contributed by atoms with Gasteiger partial charge in [0.05, 0.1) is 10.5 Å². The Labute approximate surface area is 226 Å². The van der Waals surface area contributed by atoms with E-state index in [-0.39, 0.29) is 30.3 Å². The lowest BCUT2D eigenvalue weighted by molar-refractivity contribution is -0.0494. The molecule has 0 spiro atoms. The first-order chi connectivity index (χ1) is 17.9. The Hall–Kier alpha value is -2.66. The number of aromatic nitrogens is 2. The highest BCUT2D eigenvalue weighted by Crippen LogP contribution is 2.36. The van der Waals surface area contributed by atoms with Crippen LogP contribution in [0, 0.1) is 6.92 Å². The highest BCUT2D eigenvalue weighted by molar-refractivity contribution is 7.17. The van der Waals surface area contributed by atoms with Crippen LogP contribution in [0.5, 0.6) is 0 Å². The standard InChI is InChI=1S/C27H37F2N5O3S/c1-17-15-20(32-18-7-5-4-6-8-18)31-16-19(17)22-21(25(36)34-13-10-27(28,29)11-14-34)33-24(38-22)23(35)30-12-9-26(2,3)37/h15-16,18,37H,4-14H2,1-3H3,(H,30,35)(H,31,32). The van der Waals surface area contributed by atoms with Crippen molar-refractivity contribution in [3.05, 3.63) is 28.5 Å². The van der Waals surface area contributed by atoms with E-state index in [0.29, 0.717) is 22.9 Å². The largest absolute Gasteiger partial charge is 0.390 e. The fourth-order valence-corrected chi connectivity index (χ4v) is 5.87. The van der Waals surface area contributed by atoms with Gasteiger partial charge in [0.25, 0.3) is 17.7 Å². The molecule has 2 aromatic rings. The monoisotopic (exact) mass is 549 g/mol. The molecule has 38 heavy (non-hydrogen) atoms. The molecule has 0 aromatic carbocycles. The number of aliphatic hydroxyl groups is 1. The summed E-state index contributed by atoms with van der Waals surface area (Å²) >= 11 is 1.08. The molecular formula is C27H37F2N5O3S. The van der Waals surface area contributed by atoms with Crippen LogP contribution in [0.15, 0.2) is 12.3 Å². The number of piperidine rings is 1. The Morgan fingerprint density at radius 2 is 1.89 bits per heavy atom. The number of hydrogen-bond donors (Lipinski definition) is 3. The molecule has 1 aliphatic carbocycles. The van der Waals surface area contributed by atoms with Crippen LogP contribution in [0.25, 0.3) is 10.4 Å². The fourth-order valence-electron chi connectivity index (χ4n) is 4.82. The van der Waals surface area contributed by atoms with E-state index in [9.17, 15) is 23.5 Å². The number of rotatable bonds is 8. The summed E-state index contributed by atoms with van der Waals surface area (Å²) < 4.78 is 27.4. The second-order valence-corrected chi connectivity index (χ2v) is 12.0. The first-order valence-corrected chi connectivity index (χ1v) is 14.2. The van der Waals surface area contributed by atoms with Crippen molar-refractivity contribution < 1.29 is 23.5 Å². The smallest absolute Gasteiger partial charge is 0.280 e. The molecule has 2 amide bonds. The van der Waals surface area contributed by atoms with Crippen LogP contribution in [-0.4, -0.2) is 69.0 Å². The number of nitrogens with one attached hydrogen (secondary N) is 2. The maximum Gasteiger partial charge on any atom is 0.280 e. The van der Waals surface area contributed by atoms with Gasteiger partial charge in [0.2, 0.25) is 0 Å². The number of amides is 2. The number of alkyl halides is 2. The Morgan fingerprint density at radius 3 is 2.53 bits per heavy atom. The highest BCUT2D eigenvalue weighted by atomic mass is 32.1. The topological polar surface area (TPSA) is 107 Å². The van der Waals surface area contributed by atoms with Crippen molar-refractivity contribution in [3.63, 3.8) is 0 Å². The van der Waals surface area contributed by atoms with Crippen LogP contribution < -0.4 is 10.6 Å². The number of carbonyl (C=O) groups is 2. The van der Waals surface area contributed by atoms with Gasteiger partial charge in [-0.2, -0.15) is 0 Å². The molecule has 2 aromatic heterocycles. The maximum atomic E-state index is 13.7. The number of aryl methyl sites for hydroxylation is 1. The molecule has 0 bridgehead atoms. The summed E-state index contributed by atoms with van der Waals surface area (Å²) in [4.78, 5) is 37.2. The molecule has 3 N–H and O–H groups in total. The van der Waals surface area contributed by atoms with E-state index >= 15 is 0 Å². The third kappa shape index (κ3) is 7.25. The van der Waals surface area contributed by atoms with Crippen LogP contribution in [0.2, 0.25) is 0 Å². The lowest BCUT2D eigenvalue weighted by Gasteiger charge is -2.31. The van der Waals surface area contributed by atoms with Gasteiger partial charge in [0.15, 0.2) is 5.01 Å². The zero-order valence-electron chi connectivity index (χ0n) is 22.3. The molecule has 2 aliphatic rings. The maximum absolute atomic E-state index is 13.7. The number of pyridine rings is 1. The molecule has 1 aliphatic heterocycles. The van der Waals surface area contributed by atoms with Crippen molar-refractivity contribution in [2.45, 2.75) is 89.7 Å². The van der Waals surface area contributed by atoms with E-state index in [2.05, 4.69) is 20.6 Å². The molecule has 1 saturated heterocycles. The minimum absolute atomic E-state index is 0.0720. The molecule has 0 atom stereocenters. The van der Waals surface area contributed by atoms with Crippen molar-refractivity contribution >= 4 is 29.0 Å². The number of halogens is 2. The molecule has 208 valence electrons. The van der Waals surface area contributed by atoms with Gasteiger partial charge in [-0.1, -0.05) is 19.3 Å². The second-order valence-electron chi connectivity index (χ2n) is 11.0. The quantitative estimate of drug-likeness (QED) is 0.427. The number of nitrogens with zero attached hydrogens (tertiary/aromatic N) is 3. The summed E-state index contributed by atoms with van der Waals surface area (Å²) in [7, 11) is 0. The van der Waals surface area contributed by atoms with E-state index in [1.54, 1.807) is 20.0 Å². The average molecular weight is 550 g/mol. The molecule has 4 rings (SSSR count). The van der Waals surface area contributed by atoms with Gasteiger partial charge in [-0.15, -0.1) is 11.3 Å². The Balaban J connectivity index is 1.60. The summed E-state index contributed by atoms with van der Waals surface area (Å²) in [6, 6.07) is 2.32. The molecule has 0 unspecified atom stereocenters. The second kappa shape index (κ2) is 11.6. The molecule has 0 radical (unpaired) electrons. The number of likely N-dealkylation sites (tertiary alicyclic amines) is 1. The first kappa shape index (κ1) is 28.4. The van der Waals surface area contributed by atoms with Crippen LogP contribution >= 0.6 is 11.3 Å². The van der Waals surface area contributed by atoms with Crippen LogP contribution in [0.4, 0.5) is 14.6 Å². The molecule has 1 saturated carbocycles. The number of thiazole rings is 1. The molecular weight excluding hydrogens is 512 g/mol. The number of carbonyl (C=O) groups excluding carboxylic acids is 2. The van der Waals surface area contributed by atoms with Gasteiger partial charge < -0.3 is 20.6 Å². The summed E-state index contributed by atoms with van der Waals surface area (Å²) in [5.74, 6) is -2.94. The summed E-state index contributed by atoms with van der Waals surface area (Å²) in [5.41, 5.74) is 0.688. The Morgan fingerprint density at radius 1 is 1.21 bits per heavy atom. The fraction of sp³-hybridized carbons (Fsp3) is 0.630. The van der Waals surface area contributed by atoms with Crippen LogP contribution in [0.3, 0.4) is 0 Å². The van der Waals surface area contributed by atoms with Crippen molar-refractivity contribution in [1.29, 1.82) is 0 Å². The first-order valence-electron chi connectivity index (χ1n) is 13.3. The van der Waals surface area contributed by atoms with Crippen molar-refractivity contribution in [2.75, 3.05) is 25.0 Å². The van der Waals surface area contributed by atoms with E-state index in [1.807, 2.05) is 13.0 Å². The molecule has 8 nitrogen and oxygen atoms in total. The number of hydrogen-bond acceptors (Lipinski definition) is 7. The molecule has 2 fully saturated rings. The van der Waals surface area contributed by atoms with Gasteiger partial charge in [0, 0.05) is 50.3 Å². The molecule has 11 heteroatoms. The Bertz CT molecular complexity index is 1150. The zero-order chi connectivity index (χ0) is 27.5. The Kier molecular flexibility index (Phi) is 8.66. The SMILES string of the molecule is Cc1cc(NC2CCCCC2)ncc1-c1sc(C(=O)NCCC(C)(C)O)nc1C(=O)N1CCC(F)(F)CC1. The average Bonchev–Trinajstić information content (AvgIpc) is 3.29.